The number of nitrogens with two attached hydrogens (primary N) is 1. The quantitative estimate of drug-likeness (QED) is 0.844. The van der Waals surface area contributed by atoms with Gasteiger partial charge in [0.15, 0.2) is 0 Å². The first-order valence-electron chi connectivity index (χ1n) is 5.87. The van der Waals surface area contributed by atoms with E-state index in [9.17, 15) is 0 Å². The Bertz CT molecular complexity index is 357. The van der Waals surface area contributed by atoms with Gasteiger partial charge in [-0.15, -0.1) is 0 Å². The Balaban J connectivity index is 2.20. The van der Waals surface area contributed by atoms with Crippen LogP contribution in [0.2, 0.25) is 0 Å². The third-order valence-corrected chi connectivity index (χ3v) is 3.52. The minimum Gasteiger partial charge on any atom is -0.384 e. The number of hydrogen-bond acceptors (Lipinski definition) is 2. The molecular weight excluding hydrogens is 198 g/mol. The van der Waals surface area contributed by atoms with Gasteiger partial charge in [-0.05, 0) is 37.8 Å². The van der Waals surface area contributed by atoms with Gasteiger partial charge in [-0.2, -0.15) is 0 Å². The second kappa shape index (κ2) is 3.86. The molecule has 0 saturated heterocycles. The van der Waals surface area contributed by atoms with Gasteiger partial charge in [0.25, 0.3) is 0 Å². The first-order valence-corrected chi connectivity index (χ1v) is 5.87. The lowest BCUT2D eigenvalue weighted by Crippen LogP contribution is -2.28. The molecule has 0 aromatic heterocycles. The normalized spacial score (nSPS) is 18.5. The van der Waals surface area contributed by atoms with Crippen LogP contribution in [0.3, 0.4) is 0 Å². The van der Waals surface area contributed by atoms with Crippen LogP contribution in [0.15, 0.2) is 24.3 Å². The highest BCUT2D eigenvalue weighted by atomic mass is 16.5. The maximum Gasteiger partial charge on any atom is 0.0559 e. The van der Waals surface area contributed by atoms with Crippen LogP contribution in [0.1, 0.15) is 37.8 Å². The zero-order valence-electron chi connectivity index (χ0n) is 10.4. The average Bonchev–Trinajstić information content (AvgIpc) is 2.99. The highest BCUT2D eigenvalue weighted by Crippen LogP contribution is 2.48. The third kappa shape index (κ3) is 2.13. The van der Waals surface area contributed by atoms with E-state index in [4.69, 9.17) is 10.5 Å². The molecule has 1 aliphatic rings. The van der Waals surface area contributed by atoms with Gasteiger partial charge in [0.05, 0.1) is 6.61 Å². The summed E-state index contributed by atoms with van der Waals surface area (Å²) in [5, 5.41) is 0. The highest BCUT2D eigenvalue weighted by Gasteiger charge is 2.44. The van der Waals surface area contributed by atoms with Crippen molar-refractivity contribution < 1.29 is 4.74 Å². The van der Waals surface area contributed by atoms with Crippen LogP contribution in [0.5, 0.6) is 0 Å². The van der Waals surface area contributed by atoms with Crippen LogP contribution >= 0.6 is 0 Å². The van der Waals surface area contributed by atoms with Gasteiger partial charge in [0.2, 0.25) is 0 Å². The van der Waals surface area contributed by atoms with E-state index in [0.29, 0.717) is 5.41 Å². The number of benzene rings is 1. The van der Waals surface area contributed by atoms with E-state index in [1.807, 2.05) is 13.8 Å². The molecule has 2 heteroatoms. The van der Waals surface area contributed by atoms with E-state index in [1.165, 1.54) is 24.0 Å². The summed E-state index contributed by atoms with van der Waals surface area (Å²) in [7, 11) is 1.78. The topological polar surface area (TPSA) is 35.2 Å². The largest absolute Gasteiger partial charge is 0.384 e. The fourth-order valence-electron chi connectivity index (χ4n) is 2.20. The standard InChI is InChI=1S/C14H21NO/c1-13(2,15)11-4-6-12(7-5-11)14(8-9-14)10-16-3/h4-7H,8-10,15H2,1-3H3. The van der Waals surface area contributed by atoms with Crippen molar-refractivity contribution in [2.24, 2.45) is 5.73 Å². The molecule has 0 atom stereocenters. The van der Waals surface area contributed by atoms with Crippen molar-refractivity contribution in [3.63, 3.8) is 0 Å². The minimum absolute atomic E-state index is 0.253. The molecule has 2 rings (SSSR count). The first-order chi connectivity index (χ1) is 7.48. The Kier molecular flexibility index (Phi) is 2.81. The van der Waals surface area contributed by atoms with E-state index in [0.717, 1.165) is 6.61 Å². The maximum atomic E-state index is 6.07. The van der Waals surface area contributed by atoms with Gasteiger partial charge in [-0.1, -0.05) is 24.3 Å². The molecule has 0 spiro atoms. The first kappa shape index (κ1) is 11.6. The Labute approximate surface area is 97.8 Å². The fraction of sp³-hybridized carbons (Fsp3) is 0.571. The summed E-state index contributed by atoms with van der Waals surface area (Å²) in [6.45, 7) is 4.90. The molecule has 0 bridgehead atoms. The van der Waals surface area contributed by atoms with Gasteiger partial charge >= 0.3 is 0 Å². The fourth-order valence-corrected chi connectivity index (χ4v) is 2.20. The lowest BCUT2D eigenvalue weighted by atomic mass is 9.90. The Hall–Kier alpha value is -0.860. The zero-order valence-corrected chi connectivity index (χ0v) is 10.4. The zero-order chi connectivity index (χ0) is 11.8. The molecule has 88 valence electrons. The molecule has 1 saturated carbocycles. The highest BCUT2D eigenvalue weighted by molar-refractivity contribution is 5.35. The summed E-state index contributed by atoms with van der Waals surface area (Å²) in [6, 6.07) is 8.70. The van der Waals surface area contributed by atoms with Crippen LogP contribution in [0.4, 0.5) is 0 Å². The summed E-state index contributed by atoms with van der Waals surface area (Å²) in [4.78, 5) is 0. The minimum atomic E-state index is -0.253. The number of rotatable bonds is 4. The van der Waals surface area contributed by atoms with E-state index < -0.39 is 0 Å². The van der Waals surface area contributed by atoms with Crippen molar-refractivity contribution in [1.82, 2.24) is 0 Å². The molecule has 0 radical (unpaired) electrons. The molecular formula is C14H21NO. The lowest BCUT2D eigenvalue weighted by Gasteiger charge is -2.21. The second-order valence-electron chi connectivity index (χ2n) is 5.51. The van der Waals surface area contributed by atoms with Crippen molar-refractivity contribution in [1.29, 1.82) is 0 Å². The van der Waals surface area contributed by atoms with Crippen LogP contribution < -0.4 is 5.73 Å². The predicted octanol–water partition coefficient (Wildman–Crippen LogP) is 2.56. The molecule has 0 unspecified atom stereocenters. The molecule has 1 aromatic carbocycles. The molecule has 2 nitrogen and oxygen atoms in total. The summed E-state index contributed by atoms with van der Waals surface area (Å²) in [5.74, 6) is 0. The van der Waals surface area contributed by atoms with Crippen LogP contribution in [0, 0.1) is 0 Å². The molecule has 16 heavy (non-hydrogen) atoms. The third-order valence-electron chi connectivity index (χ3n) is 3.52. The lowest BCUT2D eigenvalue weighted by molar-refractivity contribution is 0.171. The van der Waals surface area contributed by atoms with Crippen LogP contribution in [-0.4, -0.2) is 13.7 Å². The maximum absolute atomic E-state index is 6.07. The SMILES string of the molecule is COCC1(c2ccc(C(C)(C)N)cc2)CC1. The van der Waals surface area contributed by atoms with E-state index in [2.05, 4.69) is 24.3 Å². The Morgan fingerprint density at radius 1 is 1.25 bits per heavy atom. The summed E-state index contributed by atoms with van der Waals surface area (Å²) >= 11 is 0. The van der Waals surface area contributed by atoms with E-state index >= 15 is 0 Å². The molecule has 0 amide bonds. The number of methoxy groups -OCH3 is 1. The summed E-state index contributed by atoms with van der Waals surface area (Å²) in [5.41, 5.74) is 8.69. The van der Waals surface area contributed by atoms with Gasteiger partial charge in [0.1, 0.15) is 0 Å². The molecule has 1 aromatic rings. The van der Waals surface area contributed by atoms with Gasteiger partial charge < -0.3 is 10.5 Å². The molecule has 0 heterocycles. The summed E-state index contributed by atoms with van der Waals surface area (Å²) < 4.78 is 5.30. The predicted molar refractivity (Wildman–Crippen MR) is 66.4 cm³/mol. The monoisotopic (exact) mass is 219 g/mol. The summed E-state index contributed by atoms with van der Waals surface area (Å²) in [6.07, 6.45) is 2.48. The second-order valence-corrected chi connectivity index (χ2v) is 5.51. The Morgan fingerprint density at radius 2 is 1.81 bits per heavy atom. The average molecular weight is 219 g/mol. The van der Waals surface area contributed by atoms with E-state index in [-0.39, 0.29) is 5.54 Å². The van der Waals surface area contributed by atoms with Crippen molar-refractivity contribution in [3.8, 4) is 0 Å². The number of ether oxygens (including phenoxy) is 1. The van der Waals surface area contributed by atoms with Crippen LogP contribution in [-0.2, 0) is 15.7 Å². The van der Waals surface area contributed by atoms with Gasteiger partial charge in [0, 0.05) is 18.1 Å². The van der Waals surface area contributed by atoms with Gasteiger partial charge in [-0.25, -0.2) is 0 Å². The van der Waals surface area contributed by atoms with Gasteiger partial charge in [-0.3, -0.25) is 0 Å². The van der Waals surface area contributed by atoms with Crippen LogP contribution in [0.25, 0.3) is 0 Å². The van der Waals surface area contributed by atoms with Crippen molar-refractivity contribution in [2.75, 3.05) is 13.7 Å². The Morgan fingerprint density at radius 3 is 2.19 bits per heavy atom. The molecule has 0 aliphatic heterocycles. The smallest absolute Gasteiger partial charge is 0.0559 e. The molecule has 1 fully saturated rings. The van der Waals surface area contributed by atoms with Crippen molar-refractivity contribution in [3.05, 3.63) is 35.4 Å². The van der Waals surface area contributed by atoms with Crippen molar-refractivity contribution in [2.45, 2.75) is 37.6 Å². The van der Waals surface area contributed by atoms with E-state index in [1.54, 1.807) is 7.11 Å². The molecule has 1 aliphatic carbocycles. The number of hydrogen-bond donors (Lipinski definition) is 1. The molecule has 2 N–H and O–H groups in total. The van der Waals surface area contributed by atoms with Crippen molar-refractivity contribution >= 4 is 0 Å².